The van der Waals surface area contributed by atoms with Crippen LogP contribution in [0.2, 0.25) is 0 Å². The Morgan fingerprint density at radius 1 is 1.30 bits per heavy atom. The van der Waals surface area contributed by atoms with Crippen molar-refractivity contribution in [3.05, 3.63) is 42.6 Å². The Bertz CT molecular complexity index is 208. The molecule has 0 spiro atoms. The highest BCUT2D eigenvalue weighted by Gasteiger charge is 2.03. The third kappa shape index (κ3) is 1.72. The minimum atomic E-state index is -0.970. The molecule has 0 heterocycles. The van der Waals surface area contributed by atoms with E-state index in [0.717, 1.165) is 0 Å². The first-order valence-electron chi connectivity index (χ1n) is 3.05. The minimum absolute atomic E-state index is 0.970. The molecule has 0 atom stereocenters. The van der Waals surface area contributed by atoms with Crippen molar-refractivity contribution in [1.29, 1.82) is 0 Å². The molecule has 1 rings (SSSR count). The molecule has 1 aromatic carbocycles. The van der Waals surface area contributed by atoms with E-state index in [9.17, 15) is 0 Å². The Kier molecular flexibility index (Phi) is 2.72. The SMILES string of the molecule is C=C[Si](Cl)c1ccccc1. The van der Waals surface area contributed by atoms with E-state index in [-0.39, 0.29) is 0 Å². The summed E-state index contributed by atoms with van der Waals surface area (Å²) in [5.41, 5.74) is 1.82. The monoisotopic (exact) mass is 167 g/mol. The number of halogens is 1. The van der Waals surface area contributed by atoms with Crippen LogP contribution in [-0.2, 0) is 0 Å². The predicted octanol–water partition coefficient (Wildman–Crippen LogP) is 1.85. The molecule has 1 aromatic rings. The lowest BCUT2D eigenvalue weighted by atomic mass is 10.4. The van der Waals surface area contributed by atoms with Gasteiger partial charge in [-0.2, -0.15) is 11.1 Å². The maximum absolute atomic E-state index is 5.97. The molecule has 0 unspecified atom stereocenters. The summed E-state index contributed by atoms with van der Waals surface area (Å²) < 4.78 is 0. The van der Waals surface area contributed by atoms with E-state index in [0.29, 0.717) is 0 Å². The Hall–Kier alpha value is -0.533. The first kappa shape index (κ1) is 7.57. The lowest BCUT2D eigenvalue weighted by molar-refractivity contribution is 1.77. The van der Waals surface area contributed by atoms with Crippen molar-refractivity contribution in [2.24, 2.45) is 0 Å². The van der Waals surface area contributed by atoms with Crippen molar-refractivity contribution in [2.75, 3.05) is 0 Å². The zero-order valence-electron chi connectivity index (χ0n) is 5.55. The lowest BCUT2D eigenvalue weighted by Gasteiger charge is -1.98. The molecule has 0 saturated carbocycles. The summed E-state index contributed by atoms with van der Waals surface area (Å²) in [6, 6.07) is 10.0. The second-order valence-electron chi connectivity index (χ2n) is 1.92. The highest BCUT2D eigenvalue weighted by molar-refractivity contribution is 7.17. The van der Waals surface area contributed by atoms with E-state index >= 15 is 0 Å². The first-order valence-corrected chi connectivity index (χ1v) is 5.64. The normalized spacial score (nSPS) is 9.80. The van der Waals surface area contributed by atoms with Gasteiger partial charge in [-0.05, 0) is 5.19 Å². The fourth-order valence-corrected chi connectivity index (χ4v) is 1.84. The van der Waals surface area contributed by atoms with Gasteiger partial charge in [0, 0.05) is 0 Å². The summed E-state index contributed by atoms with van der Waals surface area (Å²) in [7, 11) is -0.970. The van der Waals surface area contributed by atoms with E-state index in [1.165, 1.54) is 5.19 Å². The van der Waals surface area contributed by atoms with Crippen LogP contribution in [0.15, 0.2) is 42.6 Å². The largest absolute Gasteiger partial charge is 0.226 e. The van der Waals surface area contributed by atoms with E-state index in [2.05, 4.69) is 6.58 Å². The molecule has 0 saturated heterocycles. The van der Waals surface area contributed by atoms with E-state index in [4.69, 9.17) is 11.1 Å². The van der Waals surface area contributed by atoms with Crippen molar-refractivity contribution in [2.45, 2.75) is 0 Å². The van der Waals surface area contributed by atoms with Crippen molar-refractivity contribution in [3.63, 3.8) is 0 Å². The summed E-state index contributed by atoms with van der Waals surface area (Å²) in [6.45, 7) is 3.65. The minimum Gasteiger partial charge on any atom is -0.157 e. The van der Waals surface area contributed by atoms with Crippen LogP contribution < -0.4 is 5.19 Å². The third-order valence-corrected chi connectivity index (χ3v) is 3.59. The van der Waals surface area contributed by atoms with Crippen LogP contribution in [-0.4, -0.2) is 8.11 Å². The van der Waals surface area contributed by atoms with Crippen molar-refractivity contribution < 1.29 is 0 Å². The second-order valence-corrected chi connectivity index (χ2v) is 4.82. The van der Waals surface area contributed by atoms with E-state index in [1.54, 1.807) is 0 Å². The zero-order chi connectivity index (χ0) is 7.40. The van der Waals surface area contributed by atoms with Gasteiger partial charge in [0.25, 0.3) is 0 Å². The topological polar surface area (TPSA) is 0 Å². The Morgan fingerprint density at radius 3 is 2.40 bits per heavy atom. The molecule has 1 radical (unpaired) electrons. The summed E-state index contributed by atoms with van der Waals surface area (Å²) in [5, 5.41) is 1.20. The molecule has 10 heavy (non-hydrogen) atoms. The van der Waals surface area contributed by atoms with Crippen LogP contribution in [0.3, 0.4) is 0 Å². The molecule has 0 aliphatic rings. The molecule has 0 bridgehead atoms. The van der Waals surface area contributed by atoms with Crippen LogP contribution >= 0.6 is 11.1 Å². The number of benzene rings is 1. The van der Waals surface area contributed by atoms with Gasteiger partial charge in [-0.1, -0.05) is 36.0 Å². The van der Waals surface area contributed by atoms with Crippen molar-refractivity contribution in [1.82, 2.24) is 0 Å². The fraction of sp³-hybridized carbons (Fsp3) is 0. The van der Waals surface area contributed by atoms with Gasteiger partial charge < -0.3 is 0 Å². The number of hydrogen-bond donors (Lipinski definition) is 0. The second kappa shape index (κ2) is 3.59. The molecular weight excluding hydrogens is 160 g/mol. The predicted molar refractivity (Wildman–Crippen MR) is 47.9 cm³/mol. The average Bonchev–Trinajstić information content (AvgIpc) is 2.05. The summed E-state index contributed by atoms with van der Waals surface area (Å²) >= 11 is 5.97. The molecule has 0 nitrogen and oxygen atoms in total. The van der Waals surface area contributed by atoms with Gasteiger partial charge in [-0.15, -0.1) is 6.58 Å². The van der Waals surface area contributed by atoms with Crippen LogP contribution in [0, 0.1) is 0 Å². The first-order chi connectivity index (χ1) is 4.84. The zero-order valence-corrected chi connectivity index (χ0v) is 7.31. The van der Waals surface area contributed by atoms with E-state index in [1.807, 2.05) is 36.0 Å². The molecule has 0 aliphatic carbocycles. The molecule has 51 valence electrons. The average molecular weight is 168 g/mol. The molecule has 0 aromatic heterocycles. The van der Waals surface area contributed by atoms with Gasteiger partial charge in [0.05, 0.1) is 0 Å². The van der Waals surface area contributed by atoms with Gasteiger partial charge in [0.1, 0.15) is 0 Å². The van der Waals surface area contributed by atoms with Gasteiger partial charge >= 0.3 is 0 Å². The molecule has 2 heteroatoms. The highest BCUT2D eigenvalue weighted by atomic mass is 35.6. The van der Waals surface area contributed by atoms with Gasteiger partial charge in [-0.3, -0.25) is 0 Å². The Morgan fingerprint density at radius 2 is 1.90 bits per heavy atom. The molecule has 0 N–H and O–H groups in total. The summed E-state index contributed by atoms with van der Waals surface area (Å²) in [5.74, 6) is 0. The van der Waals surface area contributed by atoms with Crippen LogP contribution in [0.4, 0.5) is 0 Å². The van der Waals surface area contributed by atoms with Crippen molar-refractivity contribution >= 4 is 24.4 Å². The molecule has 0 aliphatic heterocycles. The number of hydrogen-bond acceptors (Lipinski definition) is 0. The molecule has 0 amide bonds. The highest BCUT2D eigenvalue weighted by Crippen LogP contribution is 1.92. The fourth-order valence-electron chi connectivity index (χ4n) is 0.715. The van der Waals surface area contributed by atoms with Crippen molar-refractivity contribution in [3.8, 4) is 0 Å². The maximum Gasteiger partial charge on any atom is 0.226 e. The van der Waals surface area contributed by atoms with Gasteiger partial charge in [0.2, 0.25) is 8.11 Å². The Labute approximate surface area is 67.5 Å². The van der Waals surface area contributed by atoms with Crippen LogP contribution in [0.25, 0.3) is 0 Å². The van der Waals surface area contributed by atoms with Gasteiger partial charge in [-0.25, -0.2) is 0 Å². The molecular formula is C8H8ClSi. The lowest BCUT2D eigenvalue weighted by Crippen LogP contribution is -2.20. The van der Waals surface area contributed by atoms with E-state index < -0.39 is 8.11 Å². The summed E-state index contributed by atoms with van der Waals surface area (Å²) in [6.07, 6.45) is 0. The molecule has 0 fully saturated rings. The maximum atomic E-state index is 5.97. The standard InChI is InChI=1S/C8H8ClSi/c1-2-10(9)8-6-4-3-5-7-8/h2-7H,1H2. The Balaban J connectivity index is 2.84. The third-order valence-electron chi connectivity index (χ3n) is 1.23. The van der Waals surface area contributed by atoms with Crippen LogP contribution in [0.5, 0.6) is 0 Å². The van der Waals surface area contributed by atoms with Gasteiger partial charge in [0.15, 0.2) is 0 Å². The quantitative estimate of drug-likeness (QED) is 0.466. The number of rotatable bonds is 2. The van der Waals surface area contributed by atoms with Crippen LogP contribution in [0.1, 0.15) is 0 Å². The summed E-state index contributed by atoms with van der Waals surface area (Å²) in [4.78, 5) is 0. The smallest absolute Gasteiger partial charge is 0.157 e.